The van der Waals surface area contributed by atoms with Crippen LogP contribution in [-0.4, -0.2) is 67.0 Å². The van der Waals surface area contributed by atoms with E-state index >= 15 is 0 Å². The van der Waals surface area contributed by atoms with Crippen molar-refractivity contribution < 1.29 is 14.3 Å². The van der Waals surface area contributed by atoms with Crippen molar-refractivity contribution in [2.45, 2.75) is 52.5 Å². The van der Waals surface area contributed by atoms with Gasteiger partial charge >= 0.3 is 5.97 Å². The lowest BCUT2D eigenvalue weighted by Crippen LogP contribution is -2.48. The summed E-state index contributed by atoms with van der Waals surface area (Å²) in [5.41, 5.74) is 1.80. The quantitative estimate of drug-likeness (QED) is 0.428. The number of amides is 1. The van der Waals surface area contributed by atoms with Crippen molar-refractivity contribution in [2.75, 3.05) is 39.3 Å². The van der Waals surface area contributed by atoms with E-state index in [1.165, 1.54) is 6.42 Å². The van der Waals surface area contributed by atoms with Gasteiger partial charge in [0.05, 0.1) is 19.1 Å². The number of nitrogens with one attached hydrogen (secondary N) is 1. The van der Waals surface area contributed by atoms with Crippen molar-refractivity contribution in [3.63, 3.8) is 0 Å². The van der Waals surface area contributed by atoms with E-state index in [1.807, 2.05) is 43.0 Å². The van der Waals surface area contributed by atoms with E-state index in [-0.39, 0.29) is 17.8 Å². The molecule has 0 aliphatic carbocycles. The molecule has 0 radical (unpaired) electrons. The minimum Gasteiger partial charge on any atom is -0.466 e. The summed E-state index contributed by atoms with van der Waals surface area (Å²) in [6.07, 6.45) is 5.22. The highest BCUT2D eigenvalue weighted by Gasteiger charge is 2.28. The number of aliphatic imine (C=N–C) groups is 1. The third-order valence-electron chi connectivity index (χ3n) is 5.93. The summed E-state index contributed by atoms with van der Waals surface area (Å²) in [7, 11) is 0. The third kappa shape index (κ3) is 6.45. The molecule has 0 bridgehead atoms. The Labute approximate surface area is 185 Å². The van der Waals surface area contributed by atoms with E-state index in [9.17, 15) is 9.59 Å². The molecular formula is C24H36N4O3. The Bertz CT molecular complexity index is 757. The molecule has 1 amide bonds. The van der Waals surface area contributed by atoms with Crippen LogP contribution < -0.4 is 5.32 Å². The molecule has 0 spiro atoms. The molecule has 1 atom stereocenters. The van der Waals surface area contributed by atoms with Gasteiger partial charge in [0.15, 0.2) is 5.96 Å². The molecule has 2 fully saturated rings. The maximum absolute atomic E-state index is 12.6. The fraction of sp³-hybridized carbons (Fsp3) is 0.625. The van der Waals surface area contributed by atoms with Crippen LogP contribution in [0.2, 0.25) is 0 Å². The summed E-state index contributed by atoms with van der Waals surface area (Å²) >= 11 is 0. The Morgan fingerprint density at radius 2 is 1.74 bits per heavy atom. The van der Waals surface area contributed by atoms with Gasteiger partial charge in [-0.1, -0.05) is 12.1 Å². The Balaban J connectivity index is 1.62. The van der Waals surface area contributed by atoms with Crippen LogP contribution in [0.25, 0.3) is 0 Å². The Hall–Kier alpha value is -2.57. The van der Waals surface area contributed by atoms with E-state index < -0.39 is 0 Å². The molecule has 1 unspecified atom stereocenters. The van der Waals surface area contributed by atoms with Gasteiger partial charge in [-0.25, -0.2) is 4.99 Å². The molecule has 170 valence electrons. The predicted octanol–water partition coefficient (Wildman–Crippen LogP) is 3.05. The van der Waals surface area contributed by atoms with Crippen molar-refractivity contribution in [1.29, 1.82) is 0 Å². The Morgan fingerprint density at radius 3 is 2.42 bits per heavy atom. The first-order valence-corrected chi connectivity index (χ1v) is 11.7. The van der Waals surface area contributed by atoms with Crippen LogP contribution in [0.1, 0.15) is 61.9 Å². The smallest absolute Gasteiger partial charge is 0.310 e. The van der Waals surface area contributed by atoms with Gasteiger partial charge in [0.2, 0.25) is 0 Å². The van der Waals surface area contributed by atoms with Gasteiger partial charge in [-0.15, -0.1) is 0 Å². The number of hydrogen-bond acceptors (Lipinski definition) is 4. The van der Waals surface area contributed by atoms with E-state index in [2.05, 4.69) is 10.2 Å². The first-order chi connectivity index (χ1) is 15.1. The zero-order valence-corrected chi connectivity index (χ0v) is 18.9. The first-order valence-electron chi connectivity index (χ1n) is 11.7. The number of esters is 1. The highest BCUT2D eigenvalue weighted by molar-refractivity contribution is 5.94. The molecule has 0 saturated carbocycles. The molecule has 7 nitrogen and oxygen atoms in total. The van der Waals surface area contributed by atoms with E-state index in [1.54, 1.807) is 0 Å². The van der Waals surface area contributed by atoms with Crippen molar-refractivity contribution in [2.24, 2.45) is 10.9 Å². The van der Waals surface area contributed by atoms with Crippen molar-refractivity contribution >= 4 is 17.8 Å². The normalized spacial score (nSPS) is 19.8. The van der Waals surface area contributed by atoms with Crippen LogP contribution in [0.5, 0.6) is 0 Å². The third-order valence-corrected chi connectivity index (χ3v) is 5.93. The van der Waals surface area contributed by atoms with Crippen molar-refractivity contribution in [1.82, 2.24) is 15.1 Å². The fourth-order valence-electron chi connectivity index (χ4n) is 4.25. The lowest BCUT2D eigenvalue weighted by Gasteiger charge is -2.34. The minimum atomic E-state index is -0.114. The molecule has 1 aromatic carbocycles. The number of guanidine groups is 1. The second-order valence-corrected chi connectivity index (χ2v) is 8.26. The van der Waals surface area contributed by atoms with Gasteiger partial charge in [-0.05, 0) is 63.6 Å². The number of ether oxygens (including phenoxy) is 1. The van der Waals surface area contributed by atoms with Gasteiger partial charge in [0.25, 0.3) is 5.91 Å². The largest absolute Gasteiger partial charge is 0.466 e. The molecule has 2 heterocycles. The van der Waals surface area contributed by atoms with Gasteiger partial charge in [-0.2, -0.15) is 0 Å². The average molecular weight is 429 g/mol. The molecule has 3 rings (SSSR count). The fourth-order valence-corrected chi connectivity index (χ4v) is 4.25. The molecule has 0 aromatic heterocycles. The summed E-state index contributed by atoms with van der Waals surface area (Å²) in [6, 6.07) is 7.79. The second kappa shape index (κ2) is 11.7. The number of hydrogen-bond donors (Lipinski definition) is 1. The number of piperidine rings is 2. The van der Waals surface area contributed by atoms with Gasteiger partial charge < -0.3 is 19.9 Å². The SMILES string of the molecule is CCNC(=NCc1ccc(C(=O)N2CCCCC2)cc1)N1CCCC(C(=O)OCC)C1. The standard InChI is InChI=1S/C24H36N4O3/c1-3-25-24(28-16-8-9-21(18-28)23(30)31-4-2)26-17-19-10-12-20(13-11-19)22(29)27-14-6-5-7-15-27/h10-13,21H,3-9,14-18H2,1-2H3,(H,25,26). The van der Waals surface area contributed by atoms with Crippen molar-refractivity contribution in [3.05, 3.63) is 35.4 Å². The van der Waals surface area contributed by atoms with Crippen LogP contribution in [0.3, 0.4) is 0 Å². The topological polar surface area (TPSA) is 74.2 Å². The van der Waals surface area contributed by atoms with Gasteiger partial charge in [-0.3, -0.25) is 9.59 Å². The highest BCUT2D eigenvalue weighted by atomic mass is 16.5. The van der Waals surface area contributed by atoms with E-state index in [4.69, 9.17) is 9.73 Å². The molecule has 7 heteroatoms. The number of likely N-dealkylation sites (tertiary alicyclic amines) is 2. The summed E-state index contributed by atoms with van der Waals surface area (Å²) in [4.78, 5) is 33.7. The van der Waals surface area contributed by atoms with Crippen LogP contribution in [0.4, 0.5) is 0 Å². The predicted molar refractivity (Wildman–Crippen MR) is 122 cm³/mol. The first kappa shape index (κ1) is 23.1. The van der Waals surface area contributed by atoms with Crippen LogP contribution in [0.15, 0.2) is 29.3 Å². The molecular weight excluding hydrogens is 392 g/mol. The summed E-state index contributed by atoms with van der Waals surface area (Å²) in [5.74, 6) is 0.737. The maximum Gasteiger partial charge on any atom is 0.310 e. The van der Waals surface area contributed by atoms with Crippen molar-refractivity contribution in [3.8, 4) is 0 Å². The monoisotopic (exact) mass is 428 g/mol. The molecule has 2 aliphatic heterocycles. The zero-order valence-electron chi connectivity index (χ0n) is 18.9. The Morgan fingerprint density at radius 1 is 1.03 bits per heavy atom. The molecule has 1 aromatic rings. The van der Waals surface area contributed by atoms with E-state index in [0.717, 1.165) is 68.9 Å². The molecule has 1 N–H and O–H groups in total. The number of nitrogens with zero attached hydrogens (tertiary/aromatic N) is 3. The summed E-state index contributed by atoms with van der Waals surface area (Å²) in [6.45, 7) is 8.83. The van der Waals surface area contributed by atoms with Gasteiger partial charge in [0.1, 0.15) is 0 Å². The second-order valence-electron chi connectivity index (χ2n) is 8.26. The number of rotatable bonds is 6. The van der Waals surface area contributed by atoms with E-state index in [0.29, 0.717) is 19.7 Å². The number of benzene rings is 1. The van der Waals surface area contributed by atoms with Crippen LogP contribution in [-0.2, 0) is 16.1 Å². The average Bonchev–Trinajstić information content (AvgIpc) is 2.82. The summed E-state index contributed by atoms with van der Waals surface area (Å²) in [5, 5.41) is 3.35. The zero-order chi connectivity index (χ0) is 22.1. The van der Waals surface area contributed by atoms with Gasteiger partial charge in [0, 0.05) is 38.3 Å². The lowest BCUT2D eigenvalue weighted by molar-refractivity contribution is -0.149. The molecule has 2 aliphatic rings. The number of carbonyl (C=O) groups excluding carboxylic acids is 2. The number of carbonyl (C=O) groups is 2. The molecule has 2 saturated heterocycles. The van der Waals surface area contributed by atoms with Crippen LogP contribution >= 0.6 is 0 Å². The highest BCUT2D eigenvalue weighted by Crippen LogP contribution is 2.19. The van der Waals surface area contributed by atoms with Crippen LogP contribution in [0, 0.1) is 5.92 Å². The minimum absolute atomic E-state index is 0.0994. The maximum atomic E-state index is 12.6. The lowest BCUT2D eigenvalue weighted by atomic mass is 9.98. The Kier molecular flexibility index (Phi) is 8.74. The summed E-state index contributed by atoms with van der Waals surface area (Å²) < 4.78 is 5.22. The molecule has 31 heavy (non-hydrogen) atoms.